The Morgan fingerprint density at radius 1 is 1.32 bits per heavy atom. The van der Waals surface area contributed by atoms with E-state index in [1.54, 1.807) is 7.11 Å². The largest absolute Gasteiger partial charge is 0.496 e. The summed E-state index contributed by atoms with van der Waals surface area (Å²) >= 11 is 0. The van der Waals surface area contributed by atoms with E-state index < -0.39 is 0 Å². The Balaban J connectivity index is 1.82. The molecule has 1 N–H and O–H groups in total. The number of likely N-dealkylation sites (tertiary alicyclic amines) is 1. The first-order valence-corrected chi connectivity index (χ1v) is 8.94. The monoisotopic (exact) mass is 341 g/mol. The van der Waals surface area contributed by atoms with E-state index >= 15 is 0 Å². The van der Waals surface area contributed by atoms with Gasteiger partial charge in [0.25, 0.3) is 0 Å². The number of hydrogen-bond donors (Lipinski definition) is 1. The van der Waals surface area contributed by atoms with Crippen molar-refractivity contribution in [2.45, 2.75) is 39.2 Å². The molecule has 0 radical (unpaired) electrons. The maximum absolute atomic E-state index is 5.54. The van der Waals surface area contributed by atoms with Gasteiger partial charge in [-0.05, 0) is 57.5 Å². The molecule has 1 atom stereocenters. The van der Waals surface area contributed by atoms with E-state index in [0.29, 0.717) is 12.0 Å². The molecular weight excluding hydrogens is 314 g/mol. The van der Waals surface area contributed by atoms with Crippen LogP contribution in [-0.4, -0.2) is 53.4 Å². The van der Waals surface area contributed by atoms with Gasteiger partial charge >= 0.3 is 0 Å². The van der Waals surface area contributed by atoms with Crippen molar-refractivity contribution in [3.63, 3.8) is 0 Å². The highest BCUT2D eigenvalue weighted by Crippen LogP contribution is 2.31. The van der Waals surface area contributed by atoms with Crippen LogP contribution >= 0.6 is 0 Å². The zero-order valence-corrected chi connectivity index (χ0v) is 15.5. The number of hydrogen-bond acceptors (Lipinski definition) is 6. The van der Waals surface area contributed by atoms with E-state index in [4.69, 9.17) is 4.74 Å². The molecule has 1 aliphatic rings. The average molecular weight is 341 g/mol. The molecule has 6 heteroatoms. The molecular formula is C19H27N5O. The lowest BCUT2D eigenvalue weighted by molar-refractivity contribution is 0.260. The number of nitrogens with one attached hydrogen (secondary N) is 1. The second-order valence-corrected chi connectivity index (χ2v) is 6.70. The van der Waals surface area contributed by atoms with Gasteiger partial charge in [-0.3, -0.25) is 0 Å². The molecule has 134 valence electrons. The summed E-state index contributed by atoms with van der Waals surface area (Å²) in [6.07, 6.45) is 3.30. The van der Waals surface area contributed by atoms with Crippen LogP contribution in [-0.2, 0) is 6.42 Å². The quantitative estimate of drug-likeness (QED) is 0.902. The van der Waals surface area contributed by atoms with Gasteiger partial charge in [0.05, 0.1) is 12.8 Å². The summed E-state index contributed by atoms with van der Waals surface area (Å²) in [5.74, 6) is 1.42. The van der Waals surface area contributed by atoms with Crippen LogP contribution in [0.3, 0.4) is 0 Å². The average Bonchev–Trinajstić information content (AvgIpc) is 2.61. The van der Waals surface area contributed by atoms with Gasteiger partial charge in [-0.1, -0.05) is 13.0 Å². The van der Waals surface area contributed by atoms with Gasteiger partial charge in [-0.2, -0.15) is 0 Å². The van der Waals surface area contributed by atoms with E-state index in [1.165, 1.54) is 12.0 Å². The zero-order valence-electron chi connectivity index (χ0n) is 15.5. The number of anilines is 1. The minimum absolute atomic E-state index is 0.379. The Bertz CT molecular complexity index is 734. The number of methoxy groups -OCH3 is 1. The fraction of sp³-hybridized carbons (Fsp3) is 0.526. The Morgan fingerprint density at radius 2 is 2.16 bits per heavy atom. The maximum Gasteiger partial charge on any atom is 0.243 e. The SMILES string of the molecule is CCc1ccc(-c2nnc(N[C@@H]3CCCN(C)C3)nc2C)c(OC)c1. The molecule has 0 unspecified atom stereocenters. The third kappa shape index (κ3) is 4.07. The van der Waals surface area contributed by atoms with Gasteiger partial charge in [-0.25, -0.2) is 4.98 Å². The molecule has 0 aliphatic carbocycles. The van der Waals surface area contributed by atoms with Gasteiger partial charge in [0, 0.05) is 18.2 Å². The molecule has 25 heavy (non-hydrogen) atoms. The molecule has 6 nitrogen and oxygen atoms in total. The van der Waals surface area contributed by atoms with Crippen LogP contribution in [0, 0.1) is 6.92 Å². The molecule has 1 aromatic heterocycles. The highest BCUT2D eigenvalue weighted by atomic mass is 16.5. The lowest BCUT2D eigenvalue weighted by atomic mass is 10.0. The maximum atomic E-state index is 5.54. The summed E-state index contributed by atoms with van der Waals surface area (Å²) in [5, 5.41) is 12.2. The van der Waals surface area contributed by atoms with E-state index in [-0.39, 0.29) is 0 Å². The number of benzene rings is 1. The van der Waals surface area contributed by atoms with Crippen molar-refractivity contribution in [3.05, 3.63) is 29.5 Å². The van der Waals surface area contributed by atoms with Crippen LogP contribution in [0.25, 0.3) is 11.3 Å². The van der Waals surface area contributed by atoms with Crippen molar-refractivity contribution in [2.24, 2.45) is 0 Å². The first-order chi connectivity index (χ1) is 12.1. The standard InChI is InChI=1S/C19H27N5O/c1-5-14-8-9-16(17(11-14)25-4)18-13(2)20-19(23-22-18)21-15-7-6-10-24(3)12-15/h8-9,11,15H,5-7,10,12H2,1-4H3,(H,20,21,23)/t15-/m1/s1. The number of likely N-dealkylation sites (N-methyl/N-ethyl adjacent to an activating group) is 1. The summed E-state index contributed by atoms with van der Waals surface area (Å²) in [6, 6.07) is 6.58. The van der Waals surface area contributed by atoms with Gasteiger partial charge in [-0.15, -0.1) is 10.2 Å². The number of aromatic nitrogens is 3. The summed E-state index contributed by atoms with van der Waals surface area (Å²) in [4.78, 5) is 6.96. The number of nitrogens with zero attached hydrogens (tertiary/aromatic N) is 4. The Kier molecular flexibility index (Phi) is 5.48. The van der Waals surface area contributed by atoms with E-state index in [2.05, 4.69) is 51.5 Å². The van der Waals surface area contributed by atoms with E-state index in [9.17, 15) is 0 Å². The van der Waals surface area contributed by atoms with Crippen LogP contribution < -0.4 is 10.1 Å². The highest BCUT2D eigenvalue weighted by molar-refractivity contribution is 5.69. The summed E-state index contributed by atoms with van der Waals surface area (Å²) in [6.45, 7) is 6.26. The van der Waals surface area contributed by atoms with Crippen molar-refractivity contribution in [1.82, 2.24) is 20.1 Å². The topological polar surface area (TPSA) is 63.2 Å². The molecule has 2 aromatic rings. The third-order valence-electron chi connectivity index (χ3n) is 4.75. The van der Waals surface area contributed by atoms with Gasteiger partial charge < -0.3 is 15.0 Å². The molecule has 1 aliphatic heterocycles. The molecule has 3 rings (SSSR count). The molecule has 1 saturated heterocycles. The Morgan fingerprint density at radius 3 is 2.84 bits per heavy atom. The van der Waals surface area contributed by atoms with Crippen LogP contribution in [0.15, 0.2) is 18.2 Å². The van der Waals surface area contributed by atoms with Gasteiger partial charge in [0.2, 0.25) is 5.95 Å². The first-order valence-electron chi connectivity index (χ1n) is 8.94. The minimum Gasteiger partial charge on any atom is -0.496 e. The number of rotatable bonds is 5. The van der Waals surface area contributed by atoms with Crippen molar-refractivity contribution >= 4 is 5.95 Å². The minimum atomic E-state index is 0.379. The van der Waals surface area contributed by atoms with E-state index in [0.717, 1.165) is 48.6 Å². The van der Waals surface area contributed by atoms with Crippen molar-refractivity contribution in [2.75, 3.05) is 32.6 Å². The summed E-state index contributed by atoms with van der Waals surface area (Å²) < 4.78 is 5.54. The molecule has 0 saturated carbocycles. The number of ether oxygens (including phenoxy) is 1. The smallest absolute Gasteiger partial charge is 0.243 e. The number of piperidine rings is 1. The first kappa shape index (κ1) is 17.6. The molecule has 0 spiro atoms. The molecule has 2 heterocycles. The number of aryl methyl sites for hydroxylation is 2. The lowest BCUT2D eigenvalue weighted by Gasteiger charge is -2.30. The van der Waals surface area contributed by atoms with Crippen LogP contribution in [0.2, 0.25) is 0 Å². The Labute approximate surface area is 149 Å². The molecule has 1 fully saturated rings. The van der Waals surface area contributed by atoms with Crippen molar-refractivity contribution < 1.29 is 4.74 Å². The molecule has 0 amide bonds. The zero-order chi connectivity index (χ0) is 17.8. The van der Waals surface area contributed by atoms with Crippen LogP contribution in [0.4, 0.5) is 5.95 Å². The van der Waals surface area contributed by atoms with Crippen molar-refractivity contribution in [3.8, 4) is 17.0 Å². The molecule has 0 bridgehead atoms. The predicted molar refractivity (Wildman–Crippen MR) is 100 cm³/mol. The van der Waals surface area contributed by atoms with Gasteiger partial charge in [0.15, 0.2) is 0 Å². The van der Waals surface area contributed by atoms with Crippen molar-refractivity contribution in [1.29, 1.82) is 0 Å². The van der Waals surface area contributed by atoms with Gasteiger partial charge in [0.1, 0.15) is 11.4 Å². The normalized spacial score (nSPS) is 18.2. The van der Waals surface area contributed by atoms with E-state index in [1.807, 2.05) is 13.0 Å². The lowest BCUT2D eigenvalue weighted by Crippen LogP contribution is -2.40. The second-order valence-electron chi connectivity index (χ2n) is 6.70. The van der Waals surface area contributed by atoms with Crippen LogP contribution in [0.1, 0.15) is 31.0 Å². The summed E-state index contributed by atoms with van der Waals surface area (Å²) in [5.41, 5.74) is 3.79. The predicted octanol–water partition coefficient (Wildman–Crippen LogP) is 2.92. The van der Waals surface area contributed by atoms with Crippen LogP contribution in [0.5, 0.6) is 5.75 Å². The fourth-order valence-corrected chi connectivity index (χ4v) is 3.33. The summed E-state index contributed by atoms with van der Waals surface area (Å²) in [7, 11) is 3.83. The Hall–Kier alpha value is -2.21. The fourth-order valence-electron chi connectivity index (χ4n) is 3.33. The third-order valence-corrected chi connectivity index (χ3v) is 4.75. The highest BCUT2D eigenvalue weighted by Gasteiger charge is 2.19. The molecule has 1 aromatic carbocycles. The second kappa shape index (κ2) is 7.78.